The van der Waals surface area contributed by atoms with Crippen LogP contribution in [0.3, 0.4) is 0 Å². The molecule has 1 fully saturated rings. The van der Waals surface area contributed by atoms with Crippen molar-refractivity contribution in [2.75, 3.05) is 31.1 Å². The number of piperazine rings is 1. The zero-order valence-electron chi connectivity index (χ0n) is 14.8. The van der Waals surface area contributed by atoms with Crippen LogP contribution in [-0.2, 0) is 6.54 Å². The molecule has 2 aromatic heterocycles. The second kappa shape index (κ2) is 6.79. The summed E-state index contributed by atoms with van der Waals surface area (Å²) in [6.45, 7) is 4.68. The molecule has 6 nitrogen and oxygen atoms in total. The van der Waals surface area contributed by atoms with Crippen LogP contribution in [0.2, 0.25) is 5.02 Å². The molecule has 0 saturated carbocycles. The van der Waals surface area contributed by atoms with Crippen LogP contribution >= 0.6 is 11.6 Å². The van der Waals surface area contributed by atoms with Crippen molar-refractivity contribution in [1.29, 1.82) is 0 Å². The molecular weight excluding hydrogens is 360 g/mol. The summed E-state index contributed by atoms with van der Waals surface area (Å²) in [5.74, 6) is 0.996. The molecule has 0 aliphatic carbocycles. The van der Waals surface area contributed by atoms with Crippen LogP contribution in [0.5, 0.6) is 0 Å². The molecule has 3 heterocycles. The van der Waals surface area contributed by atoms with E-state index >= 15 is 0 Å². The second-order valence-corrected chi connectivity index (χ2v) is 7.23. The maximum atomic E-state index is 6.32. The Morgan fingerprint density at radius 2 is 1.63 bits per heavy atom. The van der Waals surface area contributed by atoms with E-state index in [1.54, 1.807) is 10.8 Å². The van der Waals surface area contributed by atoms with Gasteiger partial charge in [-0.05, 0) is 11.6 Å². The zero-order chi connectivity index (χ0) is 18.2. The highest BCUT2D eigenvalue weighted by Crippen LogP contribution is 2.28. The normalized spacial score (nSPS) is 15.7. The van der Waals surface area contributed by atoms with Crippen molar-refractivity contribution in [2.24, 2.45) is 0 Å². The van der Waals surface area contributed by atoms with Gasteiger partial charge < -0.3 is 4.90 Å². The van der Waals surface area contributed by atoms with E-state index in [-0.39, 0.29) is 0 Å². The summed E-state index contributed by atoms with van der Waals surface area (Å²) < 4.78 is 1.77. The Bertz CT molecular complexity index is 1100. The van der Waals surface area contributed by atoms with Gasteiger partial charge in [0.1, 0.15) is 6.33 Å². The molecule has 0 bridgehead atoms. The molecule has 5 rings (SSSR count). The SMILES string of the molecule is Clc1ccccc1CN1CCN(c2nn3cnnc3c3ccccc23)CC1. The van der Waals surface area contributed by atoms with Crippen LogP contribution < -0.4 is 4.90 Å². The quantitative estimate of drug-likeness (QED) is 0.547. The number of anilines is 1. The maximum absolute atomic E-state index is 6.32. The molecule has 1 aliphatic rings. The number of halogens is 1. The molecule has 7 heteroatoms. The van der Waals surface area contributed by atoms with Crippen LogP contribution in [0.4, 0.5) is 5.82 Å². The highest BCUT2D eigenvalue weighted by Gasteiger charge is 2.21. The first-order valence-corrected chi connectivity index (χ1v) is 9.47. The van der Waals surface area contributed by atoms with Crippen molar-refractivity contribution in [2.45, 2.75) is 6.54 Å². The van der Waals surface area contributed by atoms with E-state index in [1.807, 2.05) is 30.3 Å². The Kier molecular flexibility index (Phi) is 4.14. The third-order valence-electron chi connectivity index (χ3n) is 5.17. The van der Waals surface area contributed by atoms with Crippen LogP contribution in [0.1, 0.15) is 5.56 Å². The number of rotatable bonds is 3. The fraction of sp³-hybridized carbons (Fsp3) is 0.250. The van der Waals surface area contributed by atoms with Gasteiger partial charge in [0.15, 0.2) is 11.5 Å². The lowest BCUT2D eigenvalue weighted by Crippen LogP contribution is -2.46. The summed E-state index contributed by atoms with van der Waals surface area (Å²) in [5.41, 5.74) is 1.98. The van der Waals surface area contributed by atoms with Gasteiger partial charge in [-0.15, -0.1) is 15.3 Å². The average Bonchev–Trinajstić information content (AvgIpc) is 3.19. The fourth-order valence-electron chi connectivity index (χ4n) is 3.73. The molecule has 27 heavy (non-hydrogen) atoms. The van der Waals surface area contributed by atoms with E-state index in [2.05, 4.69) is 38.2 Å². The molecule has 2 aromatic carbocycles. The van der Waals surface area contributed by atoms with Crippen molar-refractivity contribution >= 4 is 33.8 Å². The maximum Gasteiger partial charge on any atom is 0.185 e. The van der Waals surface area contributed by atoms with Gasteiger partial charge >= 0.3 is 0 Å². The average molecular weight is 379 g/mol. The first-order valence-electron chi connectivity index (χ1n) is 9.09. The standard InChI is InChI=1S/C20H19ClN6/c21-18-8-4-1-5-15(18)13-25-9-11-26(12-10-25)20-17-7-3-2-6-16(17)19-23-22-14-27(19)24-20/h1-8,14H,9-13H2. The number of aromatic nitrogens is 4. The molecule has 1 saturated heterocycles. The van der Waals surface area contributed by atoms with Crippen molar-refractivity contribution < 1.29 is 0 Å². The smallest absolute Gasteiger partial charge is 0.185 e. The van der Waals surface area contributed by atoms with Gasteiger partial charge in [-0.1, -0.05) is 54.1 Å². The molecule has 136 valence electrons. The molecule has 0 N–H and O–H groups in total. The molecule has 1 aliphatic heterocycles. The zero-order valence-corrected chi connectivity index (χ0v) is 15.5. The molecule has 0 amide bonds. The lowest BCUT2D eigenvalue weighted by molar-refractivity contribution is 0.249. The van der Waals surface area contributed by atoms with E-state index in [0.717, 1.165) is 60.0 Å². The number of nitrogens with zero attached hydrogens (tertiary/aromatic N) is 6. The van der Waals surface area contributed by atoms with Gasteiger partial charge in [0, 0.05) is 48.5 Å². The third kappa shape index (κ3) is 3.01. The number of benzene rings is 2. The lowest BCUT2D eigenvalue weighted by Gasteiger charge is -2.35. The molecule has 0 radical (unpaired) electrons. The van der Waals surface area contributed by atoms with Gasteiger partial charge in [0.25, 0.3) is 0 Å². The Morgan fingerprint density at radius 3 is 2.44 bits per heavy atom. The van der Waals surface area contributed by atoms with E-state index < -0.39 is 0 Å². The Morgan fingerprint density at radius 1 is 0.889 bits per heavy atom. The van der Waals surface area contributed by atoms with Gasteiger partial charge in [0.2, 0.25) is 0 Å². The number of hydrogen-bond acceptors (Lipinski definition) is 5. The van der Waals surface area contributed by atoms with E-state index in [4.69, 9.17) is 16.7 Å². The van der Waals surface area contributed by atoms with Gasteiger partial charge in [-0.3, -0.25) is 4.90 Å². The lowest BCUT2D eigenvalue weighted by atomic mass is 10.1. The summed E-state index contributed by atoms with van der Waals surface area (Å²) in [6, 6.07) is 16.3. The van der Waals surface area contributed by atoms with Gasteiger partial charge in [0.05, 0.1) is 0 Å². The predicted octanol–water partition coefficient (Wildman–Crippen LogP) is 3.25. The summed E-state index contributed by atoms with van der Waals surface area (Å²) in [5, 5.41) is 16.1. The minimum absolute atomic E-state index is 0.798. The first kappa shape index (κ1) is 16.5. The first-order chi connectivity index (χ1) is 13.3. The van der Waals surface area contributed by atoms with E-state index in [9.17, 15) is 0 Å². The molecule has 0 spiro atoms. The fourth-order valence-corrected chi connectivity index (χ4v) is 3.92. The van der Waals surface area contributed by atoms with Crippen LogP contribution in [0.15, 0.2) is 54.9 Å². The minimum Gasteiger partial charge on any atom is -0.352 e. The highest BCUT2D eigenvalue weighted by atomic mass is 35.5. The van der Waals surface area contributed by atoms with Crippen molar-refractivity contribution in [1.82, 2.24) is 24.7 Å². The molecule has 4 aromatic rings. The van der Waals surface area contributed by atoms with Crippen molar-refractivity contribution in [3.63, 3.8) is 0 Å². The Balaban J connectivity index is 1.40. The van der Waals surface area contributed by atoms with Crippen LogP contribution in [-0.4, -0.2) is 50.9 Å². The largest absolute Gasteiger partial charge is 0.352 e. The third-order valence-corrected chi connectivity index (χ3v) is 5.53. The molecule has 0 atom stereocenters. The Labute approximate surface area is 162 Å². The van der Waals surface area contributed by atoms with Crippen LogP contribution in [0.25, 0.3) is 16.4 Å². The molecule has 0 unspecified atom stereocenters. The predicted molar refractivity (Wildman–Crippen MR) is 107 cm³/mol. The van der Waals surface area contributed by atoms with Crippen LogP contribution in [0, 0.1) is 0 Å². The summed E-state index contributed by atoms with van der Waals surface area (Å²) in [4.78, 5) is 4.79. The van der Waals surface area contributed by atoms with Gasteiger partial charge in [-0.2, -0.15) is 4.52 Å². The highest BCUT2D eigenvalue weighted by molar-refractivity contribution is 6.31. The van der Waals surface area contributed by atoms with E-state index in [0.29, 0.717) is 0 Å². The Hall–Kier alpha value is -2.70. The monoisotopic (exact) mass is 378 g/mol. The van der Waals surface area contributed by atoms with Gasteiger partial charge in [-0.25, -0.2) is 0 Å². The summed E-state index contributed by atoms with van der Waals surface area (Å²) >= 11 is 6.32. The minimum atomic E-state index is 0.798. The summed E-state index contributed by atoms with van der Waals surface area (Å²) in [6.07, 6.45) is 1.67. The molecular formula is C20H19ClN6. The topological polar surface area (TPSA) is 49.6 Å². The number of fused-ring (bicyclic) bond motifs is 3. The second-order valence-electron chi connectivity index (χ2n) is 6.82. The number of hydrogen-bond donors (Lipinski definition) is 0. The van der Waals surface area contributed by atoms with E-state index in [1.165, 1.54) is 5.56 Å². The van der Waals surface area contributed by atoms with Crippen molar-refractivity contribution in [3.05, 3.63) is 65.4 Å². The summed E-state index contributed by atoms with van der Waals surface area (Å²) in [7, 11) is 0. The van der Waals surface area contributed by atoms with Crippen molar-refractivity contribution in [3.8, 4) is 0 Å².